The number of alkyl halides is 3. The van der Waals surface area contributed by atoms with E-state index in [9.17, 15) is 18.0 Å². The average molecular weight is 274 g/mol. The zero-order valence-electron chi connectivity index (χ0n) is 10.2. The van der Waals surface area contributed by atoms with Gasteiger partial charge in [0.1, 0.15) is 5.75 Å². The molecule has 0 bridgehead atoms. The van der Waals surface area contributed by atoms with Gasteiger partial charge >= 0.3 is 6.18 Å². The van der Waals surface area contributed by atoms with E-state index >= 15 is 0 Å². The summed E-state index contributed by atoms with van der Waals surface area (Å²) < 4.78 is 42.1. The van der Waals surface area contributed by atoms with Crippen LogP contribution in [0.25, 0.3) is 0 Å². The minimum atomic E-state index is -4.45. The molecule has 1 aliphatic rings. The number of ether oxygens (including phenoxy) is 1. The van der Waals surface area contributed by atoms with Gasteiger partial charge in [-0.1, -0.05) is 0 Å². The highest BCUT2D eigenvalue weighted by atomic mass is 19.4. The summed E-state index contributed by atoms with van der Waals surface area (Å²) in [7, 11) is 0. The third-order valence-corrected chi connectivity index (χ3v) is 2.90. The van der Waals surface area contributed by atoms with Gasteiger partial charge in [0, 0.05) is 12.1 Å². The number of nitrogen functional groups attached to an aromatic ring is 1. The van der Waals surface area contributed by atoms with Crippen LogP contribution in [0.15, 0.2) is 12.1 Å². The first-order chi connectivity index (χ1) is 8.77. The molecule has 0 saturated heterocycles. The summed E-state index contributed by atoms with van der Waals surface area (Å²) in [4.78, 5) is 11.2. The monoisotopic (exact) mass is 274 g/mol. The van der Waals surface area contributed by atoms with E-state index in [1.54, 1.807) is 0 Å². The van der Waals surface area contributed by atoms with Crippen LogP contribution in [0, 0.1) is 0 Å². The molecule has 1 heterocycles. The van der Waals surface area contributed by atoms with Crippen molar-refractivity contribution < 1.29 is 22.7 Å². The van der Waals surface area contributed by atoms with Gasteiger partial charge in [0.15, 0.2) is 6.10 Å². The van der Waals surface area contributed by atoms with Crippen LogP contribution in [-0.2, 0) is 11.2 Å². The molecule has 3 N–H and O–H groups in total. The smallest absolute Gasteiger partial charge is 0.425 e. The van der Waals surface area contributed by atoms with E-state index < -0.39 is 12.3 Å². The summed E-state index contributed by atoms with van der Waals surface area (Å²) in [5, 5.41) is 2.61. The lowest BCUT2D eigenvalue weighted by Crippen LogP contribution is -2.31. The summed E-state index contributed by atoms with van der Waals surface area (Å²) in [6.45, 7) is 0.917. The van der Waals surface area contributed by atoms with Crippen LogP contribution in [0.1, 0.15) is 18.9 Å². The van der Waals surface area contributed by atoms with Crippen molar-refractivity contribution in [2.24, 2.45) is 0 Å². The molecule has 0 aliphatic carbocycles. The van der Waals surface area contributed by atoms with E-state index in [1.807, 2.05) is 0 Å². The molecule has 0 saturated carbocycles. The molecule has 1 atom stereocenters. The van der Waals surface area contributed by atoms with Gasteiger partial charge in [-0.15, -0.1) is 0 Å². The fourth-order valence-corrected chi connectivity index (χ4v) is 1.78. The zero-order chi connectivity index (χ0) is 14.2. The molecule has 19 heavy (non-hydrogen) atoms. The Labute approximate surface area is 107 Å². The number of rotatable bonds is 2. The number of aryl methyl sites for hydroxylation is 1. The first kappa shape index (κ1) is 13.5. The predicted octanol–water partition coefficient (Wildman–Crippen LogP) is 2.48. The average Bonchev–Trinajstić information content (AvgIpc) is 2.29. The number of benzene rings is 1. The largest absolute Gasteiger partial charge is 0.479 e. The summed E-state index contributed by atoms with van der Waals surface area (Å²) in [5.41, 5.74) is 6.95. The van der Waals surface area contributed by atoms with Crippen LogP contribution in [0.5, 0.6) is 5.75 Å². The number of hydrogen-bond donors (Lipinski definition) is 2. The van der Waals surface area contributed by atoms with E-state index in [1.165, 1.54) is 12.1 Å². The molecular formula is C12H13F3N2O2. The maximum atomic E-state index is 12.4. The molecule has 4 nitrogen and oxygen atoms in total. The van der Waals surface area contributed by atoms with Gasteiger partial charge in [-0.25, -0.2) is 0 Å². The van der Waals surface area contributed by atoms with Crippen molar-refractivity contribution in [1.29, 1.82) is 0 Å². The van der Waals surface area contributed by atoms with Crippen LogP contribution in [0.4, 0.5) is 24.5 Å². The van der Waals surface area contributed by atoms with Crippen LogP contribution in [-0.4, -0.2) is 18.2 Å². The van der Waals surface area contributed by atoms with E-state index in [2.05, 4.69) is 5.32 Å². The zero-order valence-corrected chi connectivity index (χ0v) is 10.2. The number of hydrogen-bond acceptors (Lipinski definition) is 3. The SMILES string of the molecule is CC(Oc1cc2c(cc1N)NC(=O)CC2)C(F)(F)F. The maximum Gasteiger partial charge on any atom is 0.425 e. The summed E-state index contributed by atoms with van der Waals surface area (Å²) in [6, 6.07) is 2.87. The molecule has 1 aromatic carbocycles. The highest BCUT2D eigenvalue weighted by Crippen LogP contribution is 2.34. The Morgan fingerprint density at radius 2 is 2.05 bits per heavy atom. The maximum absolute atomic E-state index is 12.4. The molecule has 0 fully saturated rings. The van der Waals surface area contributed by atoms with E-state index in [-0.39, 0.29) is 17.3 Å². The van der Waals surface area contributed by atoms with Gasteiger partial charge in [-0.2, -0.15) is 13.2 Å². The Balaban J connectivity index is 2.26. The van der Waals surface area contributed by atoms with Crippen LogP contribution in [0.3, 0.4) is 0 Å². The Kier molecular flexibility index (Phi) is 3.30. The van der Waals surface area contributed by atoms with Crippen LogP contribution < -0.4 is 15.8 Å². The molecule has 0 spiro atoms. The van der Waals surface area contributed by atoms with Crippen molar-refractivity contribution >= 4 is 17.3 Å². The van der Waals surface area contributed by atoms with Crippen molar-refractivity contribution in [3.63, 3.8) is 0 Å². The lowest BCUT2D eigenvalue weighted by atomic mass is 10.0. The lowest BCUT2D eigenvalue weighted by molar-refractivity contribution is -0.189. The van der Waals surface area contributed by atoms with Gasteiger partial charge in [0.05, 0.1) is 5.69 Å². The second kappa shape index (κ2) is 4.64. The van der Waals surface area contributed by atoms with Crippen LogP contribution >= 0.6 is 0 Å². The third kappa shape index (κ3) is 2.91. The van der Waals surface area contributed by atoms with E-state index in [4.69, 9.17) is 10.5 Å². The molecule has 0 radical (unpaired) electrons. The van der Waals surface area contributed by atoms with E-state index in [0.29, 0.717) is 18.5 Å². The number of nitrogens with one attached hydrogen (secondary N) is 1. The Hall–Kier alpha value is -1.92. The Morgan fingerprint density at radius 3 is 2.68 bits per heavy atom. The normalized spacial score (nSPS) is 16.5. The highest BCUT2D eigenvalue weighted by Gasteiger charge is 2.38. The number of fused-ring (bicyclic) bond motifs is 1. The number of carbonyl (C=O) groups is 1. The summed E-state index contributed by atoms with van der Waals surface area (Å²) in [6.07, 6.45) is -5.63. The molecule has 7 heteroatoms. The fraction of sp³-hybridized carbons (Fsp3) is 0.417. The van der Waals surface area contributed by atoms with Gasteiger partial charge in [-0.05, 0) is 31.0 Å². The third-order valence-electron chi connectivity index (χ3n) is 2.90. The second-order valence-electron chi connectivity index (χ2n) is 4.40. The standard InChI is InChI=1S/C12H13F3N2O2/c1-6(12(13,14)15)19-10-4-7-2-3-11(18)17-9(7)5-8(10)16/h4-6H,2-3,16H2,1H3,(H,17,18). The number of nitrogens with two attached hydrogens (primary N) is 1. The van der Waals surface area contributed by atoms with E-state index in [0.717, 1.165) is 12.5 Å². The first-order valence-corrected chi connectivity index (χ1v) is 5.73. The molecule has 104 valence electrons. The topological polar surface area (TPSA) is 64.3 Å². The molecule has 1 aliphatic heterocycles. The summed E-state index contributed by atoms with van der Waals surface area (Å²) in [5.74, 6) is -0.149. The predicted molar refractivity (Wildman–Crippen MR) is 64.0 cm³/mol. The molecule has 0 aromatic heterocycles. The number of anilines is 2. The minimum Gasteiger partial charge on any atom is -0.479 e. The second-order valence-corrected chi connectivity index (χ2v) is 4.40. The first-order valence-electron chi connectivity index (χ1n) is 5.73. The van der Waals surface area contributed by atoms with Crippen molar-refractivity contribution in [3.05, 3.63) is 17.7 Å². The van der Waals surface area contributed by atoms with Crippen LogP contribution in [0.2, 0.25) is 0 Å². The molecule has 1 unspecified atom stereocenters. The number of carbonyl (C=O) groups excluding carboxylic acids is 1. The van der Waals surface area contributed by atoms with Gasteiger partial charge in [0.25, 0.3) is 0 Å². The van der Waals surface area contributed by atoms with Gasteiger partial charge in [-0.3, -0.25) is 4.79 Å². The van der Waals surface area contributed by atoms with Crippen molar-refractivity contribution in [2.45, 2.75) is 32.0 Å². The fourth-order valence-electron chi connectivity index (χ4n) is 1.78. The molecular weight excluding hydrogens is 261 g/mol. The Morgan fingerprint density at radius 1 is 1.37 bits per heavy atom. The molecule has 1 aromatic rings. The van der Waals surface area contributed by atoms with Gasteiger partial charge in [0.2, 0.25) is 5.91 Å². The number of halogens is 3. The lowest BCUT2D eigenvalue weighted by Gasteiger charge is -2.22. The van der Waals surface area contributed by atoms with Gasteiger partial charge < -0.3 is 15.8 Å². The van der Waals surface area contributed by atoms with Crippen molar-refractivity contribution in [1.82, 2.24) is 0 Å². The van der Waals surface area contributed by atoms with Crippen molar-refractivity contribution in [2.75, 3.05) is 11.1 Å². The minimum absolute atomic E-state index is 0.0141. The van der Waals surface area contributed by atoms with Crippen molar-refractivity contribution in [3.8, 4) is 5.75 Å². The Bertz CT molecular complexity index is 514. The quantitative estimate of drug-likeness (QED) is 0.814. The molecule has 1 amide bonds. The highest BCUT2D eigenvalue weighted by molar-refractivity contribution is 5.94. The molecule has 2 rings (SSSR count). The number of amides is 1. The summed E-state index contributed by atoms with van der Waals surface area (Å²) >= 11 is 0.